The van der Waals surface area contributed by atoms with Crippen molar-refractivity contribution in [2.45, 2.75) is 18.6 Å². The number of hydrogen-bond acceptors (Lipinski definition) is 3. The van der Waals surface area contributed by atoms with Crippen molar-refractivity contribution < 1.29 is 13.2 Å². The number of nitrogens with one attached hydrogen (secondary N) is 1. The van der Waals surface area contributed by atoms with Crippen LogP contribution in [0.2, 0.25) is 0 Å². The van der Waals surface area contributed by atoms with E-state index >= 15 is 0 Å². The monoisotopic (exact) mass is 473 g/mol. The molecule has 176 valence electrons. The van der Waals surface area contributed by atoms with Gasteiger partial charge in [0.25, 0.3) is 0 Å². The molecule has 2 aliphatic rings. The second-order valence-electron chi connectivity index (χ2n) is 9.59. The van der Waals surface area contributed by atoms with Crippen LogP contribution in [0.15, 0.2) is 72.8 Å². The summed E-state index contributed by atoms with van der Waals surface area (Å²) in [5.74, 6) is 2.28. The number of benzene rings is 3. The van der Waals surface area contributed by atoms with E-state index < -0.39 is 11.7 Å². The Morgan fingerprint density at radius 1 is 0.829 bits per heavy atom. The molecule has 5 nitrogen and oxygen atoms in total. The molecule has 0 bridgehead atoms. The van der Waals surface area contributed by atoms with Gasteiger partial charge >= 0.3 is 6.18 Å². The van der Waals surface area contributed by atoms with Gasteiger partial charge in [-0.15, -0.1) is 0 Å². The highest BCUT2D eigenvalue weighted by atomic mass is 19.4. The van der Waals surface area contributed by atoms with Gasteiger partial charge < -0.3 is 9.47 Å². The lowest BCUT2D eigenvalue weighted by molar-refractivity contribution is -0.137. The van der Waals surface area contributed by atoms with Crippen molar-refractivity contribution in [3.05, 3.63) is 78.4 Å². The summed E-state index contributed by atoms with van der Waals surface area (Å²) in [7, 11) is 0. The molecular formula is C27H22F3N5. The molecule has 2 aromatic heterocycles. The summed E-state index contributed by atoms with van der Waals surface area (Å²) in [6.07, 6.45) is -3.18. The summed E-state index contributed by atoms with van der Waals surface area (Å²) in [6.45, 7) is 1.70. The zero-order valence-electron chi connectivity index (χ0n) is 18.7. The van der Waals surface area contributed by atoms with Crippen LogP contribution in [0.4, 0.5) is 19.1 Å². The fourth-order valence-corrected chi connectivity index (χ4v) is 5.76. The molecule has 1 saturated heterocycles. The first-order valence-corrected chi connectivity index (χ1v) is 11.8. The number of halogens is 3. The van der Waals surface area contributed by atoms with Crippen molar-refractivity contribution in [2.24, 2.45) is 11.8 Å². The lowest BCUT2D eigenvalue weighted by atomic mass is 10.0. The molecule has 1 aliphatic heterocycles. The third-order valence-electron chi connectivity index (χ3n) is 7.53. The molecule has 0 radical (unpaired) electrons. The van der Waals surface area contributed by atoms with Crippen molar-refractivity contribution >= 4 is 27.8 Å². The molecule has 0 spiro atoms. The van der Waals surface area contributed by atoms with Crippen molar-refractivity contribution in [1.29, 1.82) is 0 Å². The zero-order valence-corrected chi connectivity index (χ0v) is 18.7. The maximum absolute atomic E-state index is 12.9. The fraction of sp³-hybridized carbons (Fsp3) is 0.259. The van der Waals surface area contributed by atoms with Crippen LogP contribution in [-0.4, -0.2) is 32.8 Å². The quantitative estimate of drug-likeness (QED) is 0.335. The number of H-pyrrole nitrogens is 1. The summed E-state index contributed by atoms with van der Waals surface area (Å²) < 4.78 is 41.2. The SMILES string of the molecule is FC(F)(F)c1ccc(-c2n[nH]c(N3CC4CC4[C@@H](n4c5ccccc5c5ccccc54)C3)n2)cc1. The number of anilines is 1. The number of para-hydroxylation sites is 2. The molecule has 2 fully saturated rings. The normalized spacial score (nSPS) is 22.0. The number of rotatable bonds is 3. The first-order chi connectivity index (χ1) is 17.0. The third kappa shape index (κ3) is 3.31. The number of piperidine rings is 1. The van der Waals surface area contributed by atoms with E-state index in [1.165, 1.54) is 40.4 Å². The molecule has 0 amide bonds. The van der Waals surface area contributed by atoms with Crippen molar-refractivity contribution in [3.63, 3.8) is 0 Å². The molecule has 3 aromatic carbocycles. The zero-order chi connectivity index (χ0) is 23.7. The Kier molecular flexibility index (Phi) is 4.31. The third-order valence-corrected chi connectivity index (χ3v) is 7.53. The molecule has 2 unspecified atom stereocenters. The van der Waals surface area contributed by atoms with E-state index in [1.54, 1.807) is 0 Å². The van der Waals surface area contributed by atoms with Gasteiger partial charge in [-0.25, -0.2) is 5.10 Å². The molecule has 35 heavy (non-hydrogen) atoms. The van der Waals surface area contributed by atoms with Crippen LogP contribution in [0.25, 0.3) is 33.2 Å². The van der Waals surface area contributed by atoms with Gasteiger partial charge in [0.05, 0.1) is 11.6 Å². The van der Waals surface area contributed by atoms with E-state index in [1.807, 2.05) is 0 Å². The number of alkyl halides is 3. The van der Waals surface area contributed by atoms with Crippen LogP contribution in [0, 0.1) is 11.8 Å². The van der Waals surface area contributed by atoms with E-state index in [-0.39, 0.29) is 0 Å². The number of hydrogen-bond donors (Lipinski definition) is 1. The predicted molar refractivity (Wildman–Crippen MR) is 129 cm³/mol. The molecule has 1 saturated carbocycles. The first-order valence-electron chi connectivity index (χ1n) is 11.8. The average molecular weight is 474 g/mol. The van der Waals surface area contributed by atoms with Gasteiger partial charge in [0.1, 0.15) is 0 Å². The fourth-order valence-electron chi connectivity index (χ4n) is 5.76. The van der Waals surface area contributed by atoms with E-state index in [0.29, 0.717) is 35.2 Å². The number of aromatic nitrogens is 4. The Morgan fingerprint density at radius 3 is 2.14 bits per heavy atom. The Labute approximate surface area is 199 Å². The second kappa shape index (κ2) is 7.34. The Hall–Kier alpha value is -3.81. The van der Waals surface area contributed by atoms with Crippen LogP contribution < -0.4 is 4.90 Å². The van der Waals surface area contributed by atoms with Crippen LogP contribution in [-0.2, 0) is 6.18 Å². The van der Waals surface area contributed by atoms with Crippen LogP contribution >= 0.6 is 0 Å². The minimum atomic E-state index is -4.36. The smallest absolute Gasteiger partial charge is 0.339 e. The van der Waals surface area contributed by atoms with Crippen molar-refractivity contribution in [2.75, 3.05) is 18.0 Å². The highest BCUT2D eigenvalue weighted by Crippen LogP contribution is 2.52. The Bertz CT molecular complexity index is 1500. The van der Waals surface area contributed by atoms with Gasteiger partial charge in [0.2, 0.25) is 5.95 Å². The second-order valence-corrected chi connectivity index (χ2v) is 9.59. The minimum Gasteiger partial charge on any atom is -0.339 e. The molecule has 1 aliphatic carbocycles. The van der Waals surface area contributed by atoms with Gasteiger partial charge in [0.15, 0.2) is 5.82 Å². The summed E-state index contributed by atoms with van der Waals surface area (Å²) in [5, 5.41) is 9.88. The highest BCUT2D eigenvalue weighted by molar-refractivity contribution is 6.08. The lowest BCUT2D eigenvalue weighted by Gasteiger charge is -2.33. The Balaban J connectivity index is 1.22. The molecule has 1 N–H and O–H groups in total. The molecule has 3 heterocycles. The summed E-state index contributed by atoms with van der Waals surface area (Å²) in [6, 6.07) is 22.4. The van der Waals surface area contributed by atoms with E-state index in [0.717, 1.165) is 25.2 Å². The van der Waals surface area contributed by atoms with Gasteiger partial charge in [-0.2, -0.15) is 23.3 Å². The average Bonchev–Trinajstić information content (AvgIpc) is 3.36. The minimum absolute atomic E-state index is 0.304. The number of fused-ring (bicyclic) bond motifs is 4. The van der Waals surface area contributed by atoms with E-state index in [9.17, 15) is 13.2 Å². The molecular weight excluding hydrogens is 451 g/mol. The first kappa shape index (κ1) is 20.6. The summed E-state index contributed by atoms with van der Waals surface area (Å²) >= 11 is 0. The lowest BCUT2D eigenvalue weighted by Crippen LogP contribution is -2.39. The van der Waals surface area contributed by atoms with Gasteiger partial charge in [0, 0.05) is 40.5 Å². The van der Waals surface area contributed by atoms with Gasteiger partial charge in [-0.3, -0.25) is 0 Å². The van der Waals surface area contributed by atoms with Gasteiger partial charge in [-0.1, -0.05) is 48.5 Å². The van der Waals surface area contributed by atoms with E-state index in [4.69, 9.17) is 0 Å². The van der Waals surface area contributed by atoms with Gasteiger partial charge in [-0.05, 0) is 42.5 Å². The largest absolute Gasteiger partial charge is 0.416 e. The molecule has 7 rings (SSSR count). The Morgan fingerprint density at radius 2 is 1.49 bits per heavy atom. The topological polar surface area (TPSA) is 49.7 Å². The maximum atomic E-state index is 12.9. The maximum Gasteiger partial charge on any atom is 0.416 e. The standard InChI is InChI=1S/C27H22F3N5/c28-27(29,30)18-11-9-16(10-12-18)25-31-26(33-32-25)34-14-17-13-21(17)24(15-34)35-22-7-3-1-5-19(22)20-6-2-4-8-23(20)35/h1-12,17,21,24H,13-15H2,(H,31,32,33)/t17?,21?,24-/m0/s1. The molecule has 5 aromatic rings. The van der Waals surface area contributed by atoms with Crippen LogP contribution in [0.3, 0.4) is 0 Å². The van der Waals surface area contributed by atoms with Crippen molar-refractivity contribution in [3.8, 4) is 11.4 Å². The number of aromatic amines is 1. The summed E-state index contributed by atoms with van der Waals surface area (Å²) in [5.41, 5.74) is 2.37. The highest BCUT2D eigenvalue weighted by Gasteiger charge is 2.49. The predicted octanol–water partition coefficient (Wildman–Crippen LogP) is 6.30. The van der Waals surface area contributed by atoms with Crippen LogP contribution in [0.5, 0.6) is 0 Å². The molecule has 8 heteroatoms. The number of nitrogens with zero attached hydrogens (tertiary/aromatic N) is 4. The van der Waals surface area contributed by atoms with Crippen LogP contribution in [0.1, 0.15) is 18.0 Å². The van der Waals surface area contributed by atoms with E-state index in [2.05, 4.69) is 73.2 Å². The van der Waals surface area contributed by atoms with Crippen molar-refractivity contribution in [1.82, 2.24) is 19.7 Å². The molecule has 3 atom stereocenters. The summed E-state index contributed by atoms with van der Waals surface area (Å²) in [4.78, 5) is 6.90.